The Balaban J connectivity index is 2.56. The summed E-state index contributed by atoms with van der Waals surface area (Å²) in [6.45, 7) is 5.86. The van der Waals surface area contributed by atoms with Gasteiger partial charge in [-0.15, -0.1) is 0 Å². The van der Waals surface area contributed by atoms with Gasteiger partial charge in [-0.25, -0.2) is 0 Å². The second-order valence-corrected chi connectivity index (χ2v) is 6.12. The molecule has 122 valence electrons. The van der Waals surface area contributed by atoms with Crippen LogP contribution < -0.4 is 10.5 Å². The molecule has 0 aliphatic rings. The van der Waals surface area contributed by atoms with Crippen molar-refractivity contribution in [3.05, 3.63) is 62.6 Å². The van der Waals surface area contributed by atoms with Gasteiger partial charge in [-0.05, 0) is 31.4 Å². The molecular formula is C19H24N2O2. The fourth-order valence-corrected chi connectivity index (χ4v) is 3.01. The number of aromatic nitrogens is 1. The summed E-state index contributed by atoms with van der Waals surface area (Å²) in [6, 6.07) is 7.92. The Morgan fingerprint density at radius 3 is 2.48 bits per heavy atom. The smallest absolute Gasteiger partial charge is 0.272 e. The van der Waals surface area contributed by atoms with E-state index in [4.69, 9.17) is 0 Å². The second-order valence-electron chi connectivity index (χ2n) is 6.12. The number of aromatic amines is 1. The Morgan fingerprint density at radius 2 is 1.91 bits per heavy atom. The van der Waals surface area contributed by atoms with E-state index in [0.29, 0.717) is 24.1 Å². The number of aryl methyl sites for hydroxylation is 2. The SMILES string of the molecule is CCc1c(C)[nH]c(=O)c(N(C)C)c1C(=O)Cc1cccc(C)c1. The fourth-order valence-electron chi connectivity index (χ4n) is 3.01. The van der Waals surface area contributed by atoms with Crippen LogP contribution in [0.2, 0.25) is 0 Å². The monoisotopic (exact) mass is 312 g/mol. The molecule has 1 heterocycles. The van der Waals surface area contributed by atoms with Crippen molar-refractivity contribution in [2.24, 2.45) is 0 Å². The van der Waals surface area contributed by atoms with Crippen molar-refractivity contribution in [1.82, 2.24) is 4.98 Å². The molecule has 0 radical (unpaired) electrons. The molecule has 0 saturated heterocycles. The number of anilines is 1. The Bertz CT molecular complexity index is 788. The molecule has 1 aromatic carbocycles. The molecule has 4 nitrogen and oxygen atoms in total. The molecule has 2 rings (SSSR count). The van der Waals surface area contributed by atoms with Crippen LogP contribution in [0.1, 0.15) is 39.7 Å². The highest BCUT2D eigenvalue weighted by Crippen LogP contribution is 2.23. The molecule has 4 heteroatoms. The topological polar surface area (TPSA) is 53.2 Å². The zero-order valence-corrected chi connectivity index (χ0v) is 14.5. The zero-order chi connectivity index (χ0) is 17.1. The number of pyridine rings is 1. The summed E-state index contributed by atoms with van der Waals surface area (Å²) >= 11 is 0. The Morgan fingerprint density at radius 1 is 1.22 bits per heavy atom. The van der Waals surface area contributed by atoms with Gasteiger partial charge in [0.05, 0.1) is 5.56 Å². The van der Waals surface area contributed by atoms with Gasteiger partial charge < -0.3 is 9.88 Å². The third-order valence-electron chi connectivity index (χ3n) is 4.03. The minimum absolute atomic E-state index is 0.00894. The van der Waals surface area contributed by atoms with E-state index < -0.39 is 0 Å². The summed E-state index contributed by atoms with van der Waals surface area (Å²) in [5.74, 6) is -0.00894. The lowest BCUT2D eigenvalue weighted by atomic mass is 9.94. The summed E-state index contributed by atoms with van der Waals surface area (Å²) < 4.78 is 0. The van der Waals surface area contributed by atoms with Crippen LogP contribution in [0.15, 0.2) is 29.1 Å². The van der Waals surface area contributed by atoms with Crippen molar-refractivity contribution in [2.75, 3.05) is 19.0 Å². The predicted molar refractivity (Wildman–Crippen MR) is 94.7 cm³/mol. The number of H-pyrrole nitrogens is 1. The van der Waals surface area contributed by atoms with Gasteiger partial charge in [-0.1, -0.05) is 36.8 Å². The fraction of sp³-hybridized carbons (Fsp3) is 0.368. The Hall–Kier alpha value is -2.36. The van der Waals surface area contributed by atoms with E-state index in [-0.39, 0.29) is 11.3 Å². The van der Waals surface area contributed by atoms with Crippen molar-refractivity contribution < 1.29 is 4.79 Å². The molecule has 0 atom stereocenters. The van der Waals surface area contributed by atoms with Crippen molar-refractivity contribution in [2.45, 2.75) is 33.6 Å². The third kappa shape index (κ3) is 3.52. The number of carbonyl (C=O) groups excluding carboxylic acids is 1. The molecule has 0 aliphatic heterocycles. The maximum atomic E-state index is 13.0. The lowest BCUT2D eigenvalue weighted by Crippen LogP contribution is -2.27. The number of rotatable bonds is 5. The normalized spacial score (nSPS) is 10.7. The molecule has 1 aromatic heterocycles. The molecule has 0 bridgehead atoms. The average Bonchev–Trinajstić information content (AvgIpc) is 2.45. The van der Waals surface area contributed by atoms with Gasteiger partial charge >= 0.3 is 0 Å². The first-order valence-electron chi connectivity index (χ1n) is 7.87. The predicted octanol–water partition coefficient (Wildman–Crippen LogP) is 3.05. The van der Waals surface area contributed by atoms with Crippen molar-refractivity contribution in [3.8, 4) is 0 Å². The number of ketones is 1. The van der Waals surface area contributed by atoms with Gasteiger partial charge in [0.25, 0.3) is 5.56 Å². The van der Waals surface area contributed by atoms with Crippen LogP contribution in [0.5, 0.6) is 0 Å². The van der Waals surface area contributed by atoms with Crippen LogP contribution in [0.25, 0.3) is 0 Å². The van der Waals surface area contributed by atoms with Crippen LogP contribution in [-0.4, -0.2) is 24.9 Å². The lowest BCUT2D eigenvalue weighted by molar-refractivity contribution is 0.0992. The lowest BCUT2D eigenvalue weighted by Gasteiger charge is -2.20. The van der Waals surface area contributed by atoms with E-state index in [1.54, 1.807) is 19.0 Å². The first-order valence-corrected chi connectivity index (χ1v) is 7.87. The van der Waals surface area contributed by atoms with Gasteiger partial charge in [0, 0.05) is 26.2 Å². The van der Waals surface area contributed by atoms with E-state index in [1.807, 2.05) is 45.0 Å². The maximum Gasteiger partial charge on any atom is 0.272 e. The van der Waals surface area contributed by atoms with Crippen LogP contribution in [0.3, 0.4) is 0 Å². The quantitative estimate of drug-likeness (QED) is 0.863. The van der Waals surface area contributed by atoms with Crippen LogP contribution >= 0.6 is 0 Å². The van der Waals surface area contributed by atoms with Gasteiger partial charge in [0.1, 0.15) is 5.69 Å². The number of nitrogens with zero attached hydrogens (tertiary/aromatic N) is 1. The largest absolute Gasteiger partial charge is 0.373 e. The Labute approximate surface area is 137 Å². The van der Waals surface area contributed by atoms with Crippen LogP contribution in [-0.2, 0) is 12.8 Å². The summed E-state index contributed by atoms with van der Waals surface area (Å²) in [5, 5.41) is 0. The van der Waals surface area contributed by atoms with E-state index in [9.17, 15) is 9.59 Å². The molecular weight excluding hydrogens is 288 g/mol. The highest BCUT2D eigenvalue weighted by Gasteiger charge is 2.22. The standard InChI is InChI=1S/C19H24N2O2/c1-6-15-13(3)20-19(23)18(21(4)5)17(15)16(22)11-14-9-7-8-12(2)10-14/h7-10H,6,11H2,1-5H3,(H,20,23). The minimum atomic E-state index is -0.211. The third-order valence-corrected chi connectivity index (χ3v) is 4.03. The summed E-state index contributed by atoms with van der Waals surface area (Å²) in [6.07, 6.45) is 1.01. The molecule has 0 spiro atoms. The average molecular weight is 312 g/mol. The number of carbonyl (C=O) groups is 1. The summed E-state index contributed by atoms with van der Waals surface area (Å²) in [5.41, 5.74) is 4.59. The number of nitrogens with one attached hydrogen (secondary N) is 1. The van der Waals surface area contributed by atoms with E-state index in [2.05, 4.69) is 4.98 Å². The number of Topliss-reactive ketones (excluding diaryl/α,β-unsaturated/α-hetero) is 1. The first-order chi connectivity index (χ1) is 10.8. The number of hydrogen-bond donors (Lipinski definition) is 1. The van der Waals surface area contributed by atoms with Crippen LogP contribution in [0.4, 0.5) is 5.69 Å². The van der Waals surface area contributed by atoms with Crippen LogP contribution in [0, 0.1) is 13.8 Å². The van der Waals surface area contributed by atoms with Gasteiger partial charge in [0.2, 0.25) is 0 Å². The number of benzene rings is 1. The van der Waals surface area contributed by atoms with E-state index >= 15 is 0 Å². The molecule has 1 N–H and O–H groups in total. The maximum absolute atomic E-state index is 13.0. The molecule has 23 heavy (non-hydrogen) atoms. The van der Waals surface area contributed by atoms with E-state index in [0.717, 1.165) is 22.4 Å². The molecule has 0 amide bonds. The Kier molecular flexibility index (Phi) is 5.04. The molecule has 0 fully saturated rings. The van der Waals surface area contributed by atoms with E-state index in [1.165, 1.54) is 0 Å². The number of hydrogen-bond acceptors (Lipinski definition) is 3. The van der Waals surface area contributed by atoms with Crippen molar-refractivity contribution in [1.29, 1.82) is 0 Å². The van der Waals surface area contributed by atoms with Gasteiger partial charge in [-0.2, -0.15) is 0 Å². The van der Waals surface area contributed by atoms with Gasteiger partial charge in [0.15, 0.2) is 5.78 Å². The highest BCUT2D eigenvalue weighted by molar-refractivity contribution is 6.03. The first kappa shape index (κ1) is 17.0. The highest BCUT2D eigenvalue weighted by atomic mass is 16.1. The minimum Gasteiger partial charge on any atom is -0.373 e. The summed E-state index contributed by atoms with van der Waals surface area (Å²) in [4.78, 5) is 29.9. The zero-order valence-electron chi connectivity index (χ0n) is 14.5. The molecule has 0 aliphatic carbocycles. The molecule has 0 saturated carbocycles. The molecule has 0 unspecified atom stereocenters. The molecule has 2 aromatic rings. The van der Waals surface area contributed by atoms with Crippen molar-refractivity contribution in [3.63, 3.8) is 0 Å². The van der Waals surface area contributed by atoms with Crippen molar-refractivity contribution >= 4 is 11.5 Å². The van der Waals surface area contributed by atoms with Gasteiger partial charge in [-0.3, -0.25) is 9.59 Å². The summed E-state index contributed by atoms with van der Waals surface area (Å²) in [7, 11) is 3.59. The second kappa shape index (κ2) is 6.82.